The van der Waals surface area contributed by atoms with Crippen LogP contribution in [-0.4, -0.2) is 86.9 Å². The van der Waals surface area contributed by atoms with Gasteiger partial charge >= 0.3 is 12.1 Å². The number of amidine groups is 1. The fourth-order valence-corrected chi connectivity index (χ4v) is 4.87. The summed E-state index contributed by atoms with van der Waals surface area (Å²) in [7, 11) is -0.331. The van der Waals surface area contributed by atoms with E-state index < -0.39 is 22.2 Å². The van der Waals surface area contributed by atoms with E-state index in [4.69, 9.17) is 9.90 Å². The first-order valence-corrected chi connectivity index (χ1v) is 14.2. The number of likely N-dealkylation sites (N-methyl/N-ethyl adjacent to an activating group) is 1. The number of hydrogen-bond donors (Lipinski definition) is 2. The fourth-order valence-electron chi connectivity index (χ4n) is 3.70. The van der Waals surface area contributed by atoms with Crippen LogP contribution >= 0.6 is 0 Å². The summed E-state index contributed by atoms with van der Waals surface area (Å²) in [5.74, 6) is -1.89. The van der Waals surface area contributed by atoms with Crippen LogP contribution in [0.3, 0.4) is 0 Å². The first-order valence-electron chi connectivity index (χ1n) is 12.7. The van der Waals surface area contributed by atoms with Gasteiger partial charge in [0.1, 0.15) is 5.84 Å². The van der Waals surface area contributed by atoms with Gasteiger partial charge in [-0.15, -0.1) is 0 Å². The van der Waals surface area contributed by atoms with Crippen molar-refractivity contribution in [3.8, 4) is 0 Å². The first-order chi connectivity index (χ1) is 18.8. The Balaban J connectivity index is 0.000000708. The molecule has 0 fully saturated rings. The van der Waals surface area contributed by atoms with Crippen molar-refractivity contribution in [1.29, 1.82) is 0 Å². The quantitative estimate of drug-likeness (QED) is 0.418. The Morgan fingerprint density at radius 2 is 1.52 bits per heavy atom. The van der Waals surface area contributed by atoms with Crippen molar-refractivity contribution in [2.24, 2.45) is 4.99 Å². The average molecular weight is 585 g/mol. The van der Waals surface area contributed by atoms with Crippen LogP contribution in [0.1, 0.15) is 36.5 Å². The van der Waals surface area contributed by atoms with Gasteiger partial charge < -0.3 is 15.3 Å². The largest absolute Gasteiger partial charge is 0.490 e. The van der Waals surface area contributed by atoms with E-state index in [2.05, 4.69) is 29.4 Å². The highest BCUT2D eigenvalue weighted by Crippen LogP contribution is 2.17. The molecule has 13 heteroatoms. The van der Waals surface area contributed by atoms with Crippen LogP contribution in [0.4, 0.5) is 13.2 Å². The summed E-state index contributed by atoms with van der Waals surface area (Å²) >= 11 is 0. The Bertz CT molecular complexity index is 1260. The Labute approximate surface area is 232 Å². The highest BCUT2D eigenvalue weighted by atomic mass is 32.2. The van der Waals surface area contributed by atoms with Gasteiger partial charge in [-0.3, -0.25) is 9.79 Å². The molecule has 2 aromatic rings. The number of aliphatic carboxylic acids is 1. The van der Waals surface area contributed by atoms with E-state index in [1.807, 2.05) is 24.3 Å². The average Bonchev–Trinajstić information content (AvgIpc) is 3.46. The molecule has 0 aliphatic carbocycles. The lowest BCUT2D eigenvalue weighted by Crippen LogP contribution is -2.34. The number of nitrogens with one attached hydrogen (secondary N) is 1. The molecule has 2 N–H and O–H groups in total. The summed E-state index contributed by atoms with van der Waals surface area (Å²) in [4.78, 5) is 27.8. The van der Waals surface area contributed by atoms with Crippen LogP contribution in [0, 0.1) is 0 Å². The predicted molar refractivity (Wildman–Crippen MR) is 146 cm³/mol. The Kier molecular flexibility index (Phi) is 12.1. The van der Waals surface area contributed by atoms with Gasteiger partial charge in [-0.05, 0) is 36.1 Å². The van der Waals surface area contributed by atoms with Crippen molar-refractivity contribution in [3.63, 3.8) is 0 Å². The summed E-state index contributed by atoms with van der Waals surface area (Å²) in [5, 5.41) is 10.4. The van der Waals surface area contributed by atoms with Gasteiger partial charge in [-0.1, -0.05) is 49.7 Å². The third-order valence-corrected chi connectivity index (χ3v) is 7.99. The zero-order valence-corrected chi connectivity index (χ0v) is 23.6. The molecule has 0 bridgehead atoms. The van der Waals surface area contributed by atoms with Crippen LogP contribution in [0.5, 0.6) is 0 Å². The SMILES string of the molecule is CCCc1ccc(S(=O)(=O)N(C)CCC(=O)N(C)CCc2ccc(C3=NCCN3)cc2)cc1.O=C(O)C(F)(F)F. The number of hydrogen-bond acceptors (Lipinski definition) is 6. The number of benzene rings is 2. The number of carbonyl (C=O) groups is 2. The van der Waals surface area contributed by atoms with Crippen LogP contribution in [0.25, 0.3) is 0 Å². The molecule has 0 atom stereocenters. The van der Waals surface area contributed by atoms with Gasteiger partial charge in [0, 0.05) is 45.7 Å². The van der Waals surface area contributed by atoms with Gasteiger partial charge in [0.05, 0.1) is 11.4 Å². The standard InChI is InChI=1S/C25H34N4O3S.C2HF3O2/c1-4-5-20-8-12-23(13-9-20)33(31,32)29(3)19-15-24(30)28(2)18-14-21-6-10-22(11-7-21)25-26-16-17-27-25;3-2(4,5)1(6)7/h6-13H,4-5,14-19H2,1-3H3,(H,26,27);(H,6,7). The molecule has 0 saturated carbocycles. The minimum Gasteiger partial charge on any atom is -0.475 e. The monoisotopic (exact) mass is 584 g/mol. The number of alkyl halides is 3. The second kappa shape index (κ2) is 14.8. The number of amides is 1. The number of nitrogens with zero attached hydrogens (tertiary/aromatic N) is 3. The molecular formula is C27H35F3N4O5S. The summed E-state index contributed by atoms with van der Waals surface area (Å²) < 4.78 is 58.6. The number of aliphatic imine (C=N–C) groups is 1. The van der Waals surface area contributed by atoms with Crippen LogP contribution in [-0.2, 0) is 32.5 Å². The Morgan fingerprint density at radius 3 is 2.02 bits per heavy atom. The molecule has 1 aliphatic heterocycles. The van der Waals surface area contributed by atoms with Crippen molar-refractivity contribution in [2.45, 2.75) is 43.7 Å². The number of carbonyl (C=O) groups excluding carboxylic acids is 1. The molecule has 0 aromatic heterocycles. The van der Waals surface area contributed by atoms with Crippen molar-refractivity contribution < 1.29 is 36.3 Å². The van der Waals surface area contributed by atoms with Gasteiger partial charge in [0.15, 0.2) is 0 Å². The molecule has 9 nitrogen and oxygen atoms in total. The van der Waals surface area contributed by atoms with E-state index in [-0.39, 0.29) is 23.8 Å². The van der Waals surface area contributed by atoms with Gasteiger partial charge in [0.25, 0.3) is 0 Å². The summed E-state index contributed by atoms with van der Waals surface area (Å²) in [6, 6.07) is 15.2. The Morgan fingerprint density at radius 1 is 0.975 bits per heavy atom. The number of halogens is 3. The highest BCUT2D eigenvalue weighted by molar-refractivity contribution is 7.89. The molecule has 0 unspecified atom stereocenters. The van der Waals surface area contributed by atoms with E-state index in [9.17, 15) is 26.4 Å². The summed E-state index contributed by atoms with van der Waals surface area (Å²) in [6.45, 7) is 4.50. The van der Waals surface area contributed by atoms with E-state index in [0.717, 1.165) is 54.9 Å². The van der Waals surface area contributed by atoms with Crippen LogP contribution in [0.2, 0.25) is 0 Å². The summed E-state index contributed by atoms with van der Waals surface area (Å²) in [5.41, 5.74) is 3.34. The smallest absolute Gasteiger partial charge is 0.475 e. The number of carboxylic acids is 1. The van der Waals surface area contributed by atoms with E-state index in [1.165, 1.54) is 11.4 Å². The molecular weight excluding hydrogens is 549 g/mol. The third kappa shape index (κ3) is 9.94. The minimum atomic E-state index is -5.08. The molecule has 1 amide bonds. The van der Waals surface area contributed by atoms with Crippen molar-refractivity contribution in [1.82, 2.24) is 14.5 Å². The molecule has 0 radical (unpaired) electrons. The van der Waals surface area contributed by atoms with Crippen molar-refractivity contribution in [2.75, 3.05) is 40.3 Å². The highest BCUT2D eigenvalue weighted by Gasteiger charge is 2.38. The lowest BCUT2D eigenvalue weighted by Gasteiger charge is -2.21. The zero-order chi connectivity index (χ0) is 29.9. The number of sulfonamides is 1. The topological polar surface area (TPSA) is 119 Å². The molecule has 2 aromatic carbocycles. The molecule has 0 spiro atoms. The molecule has 220 valence electrons. The number of carboxylic acid groups (broad SMARTS) is 1. The molecule has 40 heavy (non-hydrogen) atoms. The second-order valence-corrected chi connectivity index (χ2v) is 11.2. The summed E-state index contributed by atoms with van der Waals surface area (Å²) in [6.07, 6.45) is -2.26. The lowest BCUT2D eigenvalue weighted by atomic mass is 10.1. The van der Waals surface area contributed by atoms with E-state index in [0.29, 0.717) is 6.54 Å². The maximum atomic E-state index is 12.8. The van der Waals surface area contributed by atoms with E-state index in [1.54, 1.807) is 24.1 Å². The maximum absolute atomic E-state index is 12.8. The molecule has 3 rings (SSSR count). The fraction of sp³-hybridized carbons (Fsp3) is 0.444. The normalized spacial score (nSPS) is 13.2. The van der Waals surface area contributed by atoms with Crippen LogP contribution < -0.4 is 5.32 Å². The second-order valence-electron chi connectivity index (χ2n) is 9.19. The Hall–Kier alpha value is -3.45. The van der Waals surface area contributed by atoms with Gasteiger partial charge in [-0.25, -0.2) is 17.5 Å². The number of aryl methyl sites for hydroxylation is 1. The van der Waals surface area contributed by atoms with Crippen molar-refractivity contribution >= 4 is 27.7 Å². The van der Waals surface area contributed by atoms with Crippen LogP contribution in [0.15, 0.2) is 58.4 Å². The van der Waals surface area contributed by atoms with Gasteiger partial charge in [0.2, 0.25) is 15.9 Å². The molecule has 1 heterocycles. The maximum Gasteiger partial charge on any atom is 0.490 e. The predicted octanol–water partition coefficient (Wildman–Crippen LogP) is 3.33. The number of rotatable bonds is 11. The molecule has 1 aliphatic rings. The first kappa shape index (κ1) is 32.8. The van der Waals surface area contributed by atoms with Crippen molar-refractivity contribution in [3.05, 3.63) is 65.2 Å². The molecule has 0 saturated heterocycles. The van der Waals surface area contributed by atoms with E-state index >= 15 is 0 Å². The minimum absolute atomic E-state index is 0.0727. The van der Waals surface area contributed by atoms with Gasteiger partial charge in [-0.2, -0.15) is 13.2 Å². The lowest BCUT2D eigenvalue weighted by molar-refractivity contribution is -0.192. The third-order valence-electron chi connectivity index (χ3n) is 6.12. The zero-order valence-electron chi connectivity index (χ0n) is 22.7.